The van der Waals surface area contributed by atoms with Gasteiger partial charge in [-0.05, 0) is 24.1 Å². The third kappa shape index (κ3) is 3.50. The van der Waals surface area contributed by atoms with Gasteiger partial charge in [0.25, 0.3) is 0 Å². The topological polar surface area (TPSA) is 89.1 Å². The van der Waals surface area contributed by atoms with E-state index in [1.807, 2.05) is 18.2 Å². The lowest BCUT2D eigenvalue weighted by molar-refractivity contribution is -0.121. The minimum atomic E-state index is 0.0205. The van der Waals surface area contributed by atoms with Crippen LogP contribution in [0.15, 0.2) is 24.5 Å². The second kappa shape index (κ2) is 6.25. The number of fused-ring (bicyclic) bond motifs is 1. The zero-order valence-corrected chi connectivity index (χ0v) is 11.5. The number of H-pyrrole nitrogens is 1. The largest absolute Gasteiger partial charge is 0.454 e. The number of ether oxygens (including phenoxy) is 2. The second-order valence-electron chi connectivity index (χ2n) is 4.72. The summed E-state index contributed by atoms with van der Waals surface area (Å²) in [5.74, 6) is 2.30. The van der Waals surface area contributed by atoms with Gasteiger partial charge in [-0.25, -0.2) is 4.98 Å². The van der Waals surface area contributed by atoms with Crippen molar-refractivity contribution in [3.05, 3.63) is 35.9 Å². The van der Waals surface area contributed by atoms with E-state index in [2.05, 4.69) is 20.5 Å². The Labute approximate surface area is 121 Å². The summed E-state index contributed by atoms with van der Waals surface area (Å²) in [5.41, 5.74) is 1.06. The highest BCUT2D eigenvalue weighted by Gasteiger charge is 2.13. The summed E-state index contributed by atoms with van der Waals surface area (Å²) in [6.07, 6.45) is 3.22. The molecule has 1 aromatic heterocycles. The van der Waals surface area contributed by atoms with Crippen molar-refractivity contribution in [3.8, 4) is 11.5 Å². The highest BCUT2D eigenvalue weighted by molar-refractivity contribution is 5.76. The second-order valence-corrected chi connectivity index (χ2v) is 4.72. The van der Waals surface area contributed by atoms with E-state index in [1.165, 1.54) is 6.33 Å². The molecular weight excluding hydrogens is 272 g/mol. The summed E-state index contributed by atoms with van der Waals surface area (Å²) in [6.45, 7) is 0.816. The number of aromatic amines is 1. The molecule has 1 aromatic carbocycles. The summed E-state index contributed by atoms with van der Waals surface area (Å²) in [5, 5.41) is 9.37. The maximum absolute atomic E-state index is 11.8. The summed E-state index contributed by atoms with van der Waals surface area (Å²) in [4.78, 5) is 15.8. The fraction of sp³-hybridized carbons (Fsp3) is 0.357. The minimum Gasteiger partial charge on any atom is -0.454 e. The van der Waals surface area contributed by atoms with E-state index >= 15 is 0 Å². The van der Waals surface area contributed by atoms with Gasteiger partial charge in [0.2, 0.25) is 12.7 Å². The number of carbonyl (C=O) groups is 1. The van der Waals surface area contributed by atoms with Crippen molar-refractivity contribution in [1.82, 2.24) is 20.5 Å². The smallest absolute Gasteiger partial charge is 0.231 e. The van der Waals surface area contributed by atoms with Crippen LogP contribution in [-0.2, 0) is 17.6 Å². The standard InChI is InChI=1S/C14H16N4O3/c19-14(15-6-5-13-16-8-17-18-13)4-2-10-1-3-11-12(7-10)21-9-20-11/h1,3,7-8H,2,4-6,9H2,(H,15,19)(H,16,17,18). The fourth-order valence-electron chi connectivity index (χ4n) is 2.11. The predicted molar refractivity (Wildman–Crippen MR) is 74.0 cm³/mol. The van der Waals surface area contributed by atoms with Gasteiger partial charge in [0.05, 0.1) is 0 Å². The number of carbonyl (C=O) groups excluding carboxylic acids is 1. The van der Waals surface area contributed by atoms with Crippen LogP contribution in [0.4, 0.5) is 0 Å². The van der Waals surface area contributed by atoms with E-state index < -0.39 is 0 Å². The average Bonchev–Trinajstić information content (AvgIpc) is 3.15. The Morgan fingerprint density at radius 1 is 1.29 bits per heavy atom. The van der Waals surface area contributed by atoms with Crippen LogP contribution in [0, 0.1) is 0 Å². The normalized spacial score (nSPS) is 12.4. The molecule has 2 N–H and O–H groups in total. The average molecular weight is 288 g/mol. The maximum atomic E-state index is 11.8. The Kier molecular flexibility index (Phi) is 3.99. The van der Waals surface area contributed by atoms with Crippen LogP contribution < -0.4 is 14.8 Å². The number of nitrogens with one attached hydrogen (secondary N) is 2. The van der Waals surface area contributed by atoms with Crippen molar-refractivity contribution in [1.29, 1.82) is 0 Å². The van der Waals surface area contributed by atoms with Crippen molar-refractivity contribution in [2.75, 3.05) is 13.3 Å². The fourth-order valence-corrected chi connectivity index (χ4v) is 2.11. The van der Waals surface area contributed by atoms with Gasteiger partial charge >= 0.3 is 0 Å². The molecule has 1 amide bonds. The minimum absolute atomic E-state index is 0.0205. The number of hydrogen-bond donors (Lipinski definition) is 2. The first-order valence-corrected chi connectivity index (χ1v) is 6.81. The molecule has 0 aliphatic carbocycles. The molecule has 3 rings (SSSR count). The Hall–Kier alpha value is -2.57. The molecule has 0 unspecified atom stereocenters. The lowest BCUT2D eigenvalue weighted by Crippen LogP contribution is -2.26. The Morgan fingerprint density at radius 3 is 3.05 bits per heavy atom. The quantitative estimate of drug-likeness (QED) is 0.821. The van der Waals surface area contributed by atoms with Gasteiger partial charge in [0.15, 0.2) is 11.5 Å². The van der Waals surface area contributed by atoms with Gasteiger partial charge in [-0.1, -0.05) is 6.07 Å². The van der Waals surface area contributed by atoms with Crippen LogP contribution in [0.1, 0.15) is 17.8 Å². The van der Waals surface area contributed by atoms with Crippen LogP contribution >= 0.6 is 0 Å². The molecule has 1 aliphatic heterocycles. The first-order chi connectivity index (χ1) is 10.3. The Balaban J connectivity index is 1.41. The monoisotopic (exact) mass is 288 g/mol. The molecule has 1 aliphatic rings. The van der Waals surface area contributed by atoms with Crippen molar-refractivity contribution in [3.63, 3.8) is 0 Å². The number of aromatic nitrogens is 3. The highest BCUT2D eigenvalue weighted by atomic mass is 16.7. The third-order valence-electron chi connectivity index (χ3n) is 3.23. The van der Waals surface area contributed by atoms with Crippen LogP contribution in [-0.4, -0.2) is 34.4 Å². The first-order valence-electron chi connectivity index (χ1n) is 6.81. The molecule has 7 nitrogen and oxygen atoms in total. The number of hydrogen-bond acceptors (Lipinski definition) is 5. The third-order valence-corrected chi connectivity index (χ3v) is 3.23. The molecule has 0 fully saturated rings. The summed E-state index contributed by atoms with van der Waals surface area (Å²) >= 11 is 0. The molecule has 0 saturated heterocycles. The SMILES string of the molecule is O=C(CCc1ccc2c(c1)OCO2)NCCc1ncn[nH]1. The molecule has 7 heteroatoms. The lowest BCUT2D eigenvalue weighted by atomic mass is 10.1. The molecular formula is C14H16N4O3. The van der Waals surface area contributed by atoms with Crippen molar-refractivity contribution in [2.24, 2.45) is 0 Å². The Morgan fingerprint density at radius 2 is 2.19 bits per heavy atom. The maximum Gasteiger partial charge on any atom is 0.231 e. The summed E-state index contributed by atoms with van der Waals surface area (Å²) in [7, 11) is 0. The van der Waals surface area contributed by atoms with E-state index in [-0.39, 0.29) is 12.7 Å². The van der Waals surface area contributed by atoms with Crippen LogP contribution in [0.3, 0.4) is 0 Å². The lowest BCUT2D eigenvalue weighted by Gasteiger charge is -2.05. The molecule has 0 radical (unpaired) electrons. The van der Waals surface area contributed by atoms with Gasteiger partial charge in [-0.2, -0.15) is 5.10 Å². The van der Waals surface area contributed by atoms with Gasteiger partial charge in [0.1, 0.15) is 12.2 Å². The number of benzene rings is 1. The zero-order chi connectivity index (χ0) is 14.5. The highest BCUT2D eigenvalue weighted by Crippen LogP contribution is 2.32. The van der Waals surface area contributed by atoms with E-state index in [9.17, 15) is 4.79 Å². The molecule has 21 heavy (non-hydrogen) atoms. The van der Waals surface area contributed by atoms with E-state index in [0.29, 0.717) is 25.8 Å². The van der Waals surface area contributed by atoms with E-state index in [0.717, 1.165) is 22.9 Å². The van der Waals surface area contributed by atoms with Gasteiger partial charge in [0, 0.05) is 19.4 Å². The molecule has 0 bridgehead atoms. The summed E-state index contributed by atoms with van der Waals surface area (Å²) in [6, 6.07) is 5.75. The van der Waals surface area contributed by atoms with Gasteiger partial charge in [-0.15, -0.1) is 0 Å². The molecule has 0 spiro atoms. The van der Waals surface area contributed by atoms with Crippen molar-refractivity contribution >= 4 is 5.91 Å². The van der Waals surface area contributed by atoms with Crippen molar-refractivity contribution < 1.29 is 14.3 Å². The Bertz CT molecular complexity index is 613. The van der Waals surface area contributed by atoms with Crippen LogP contribution in [0.25, 0.3) is 0 Å². The number of amides is 1. The number of nitrogens with zero attached hydrogens (tertiary/aromatic N) is 2. The zero-order valence-electron chi connectivity index (χ0n) is 11.5. The summed E-state index contributed by atoms with van der Waals surface area (Å²) < 4.78 is 10.6. The molecule has 0 atom stereocenters. The molecule has 110 valence electrons. The molecule has 2 heterocycles. The van der Waals surface area contributed by atoms with Gasteiger partial charge in [-0.3, -0.25) is 9.89 Å². The number of aryl methyl sites for hydroxylation is 1. The van der Waals surface area contributed by atoms with Crippen LogP contribution in [0.2, 0.25) is 0 Å². The molecule has 2 aromatic rings. The van der Waals surface area contributed by atoms with Crippen molar-refractivity contribution in [2.45, 2.75) is 19.3 Å². The molecule has 0 saturated carbocycles. The van der Waals surface area contributed by atoms with Gasteiger partial charge < -0.3 is 14.8 Å². The van der Waals surface area contributed by atoms with Crippen LogP contribution in [0.5, 0.6) is 11.5 Å². The van der Waals surface area contributed by atoms with E-state index in [4.69, 9.17) is 9.47 Å². The predicted octanol–water partition coefficient (Wildman–Crippen LogP) is 0.825. The first kappa shape index (κ1) is 13.4. The number of rotatable bonds is 6. The van der Waals surface area contributed by atoms with E-state index in [1.54, 1.807) is 0 Å².